The summed E-state index contributed by atoms with van der Waals surface area (Å²) in [6.45, 7) is 3.36. The molecule has 1 saturated heterocycles. The van der Waals surface area contributed by atoms with Crippen LogP contribution in [0.5, 0.6) is 0 Å². The molecule has 1 aromatic carbocycles. The average molecular weight is 497 g/mol. The molecule has 1 N–H and O–H groups in total. The first-order valence-electron chi connectivity index (χ1n) is 10.6. The standard InChI is InChI=1S/C22H23F3N4O2S2/c1-2-16-10-14(12-32-16)20-27-28-21(29(20)11-15-6-5-9-31-15)33-13-19(30)26-18-8-4-3-7-17(18)22(23,24)25/h3-4,7-8,10,12,15H,2,5-6,9,11,13H2,1H3,(H,26,30). The number of carbonyl (C=O) groups is 1. The van der Waals surface area contributed by atoms with Crippen LogP contribution in [0.1, 0.15) is 30.2 Å². The molecule has 33 heavy (non-hydrogen) atoms. The second-order valence-corrected chi connectivity index (χ2v) is 9.53. The van der Waals surface area contributed by atoms with E-state index in [0.717, 1.165) is 42.7 Å². The molecule has 0 saturated carbocycles. The van der Waals surface area contributed by atoms with Crippen molar-refractivity contribution in [3.63, 3.8) is 0 Å². The number of para-hydroxylation sites is 1. The van der Waals surface area contributed by atoms with Gasteiger partial charge in [0.15, 0.2) is 11.0 Å². The van der Waals surface area contributed by atoms with Crippen molar-refractivity contribution in [2.24, 2.45) is 0 Å². The van der Waals surface area contributed by atoms with E-state index >= 15 is 0 Å². The fourth-order valence-corrected chi connectivity index (χ4v) is 5.17. The third-order valence-electron chi connectivity index (χ3n) is 5.23. The molecular weight excluding hydrogens is 473 g/mol. The van der Waals surface area contributed by atoms with Crippen LogP contribution in [0.3, 0.4) is 0 Å². The number of nitrogens with zero attached hydrogens (tertiary/aromatic N) is 3. The molecule has 3 aromatic rings. The topological polar surface area (TPSA) is 69.0 Å². The fourth-order valence-electron chi connectivity index (χ4n) is 3.60. The number of ether oxygens (including phenoxy) is 1. The molecule has 0 radical (unpaired) electrons. The lowest BCUT2D eigenvalue weighted by Crippen LogP contribution is -2.19. The van der Waals surface area contributed by atoms with Gasteiger partial charge in [-0.2, -0.15) is 13.2 Å². The Labute approximate surface area is 197 Å². The monoisotopic (exact) mass is 496 g/mol. The summed E-state index contributed by atoms with van der Waals surface area (Å²) in [5, 5.41) is 13.6. The van der Waals surface area contributed by atoms with Crippen LogP contribution in [0.15, 0.2) is 40.9 Å². The maximum atomic E-state index is 13.2. The van der Waals surface area contributed by atoms with E-state index < -0.39 is 17.6 Å². The molecule has 1 aliphatic rings. The number of thiophene rings is 1. The van der Waals surface area contributed by atoms with E-state index in [-0.39, 0.29) is 17.5 Å². The molecule has 1 fully saturated rings. The first-order valence-corrected chi connectivity index (χ1v) is 12.4. The Morgan fingerprint density at radius 3 is 2.85 bits per heavy atom. The third-order valence-corrected chi connectivity index (χ3v) is 7.27. The quantitative estimate of drug-likeness (QED) is 0.417. The van der Waals surface area contributed by atoms with Crippen molar-refractivity contribution in [2.75, 3.05) is 17.7 Å². The second-order valence-electron chi connectivity index (χ2n) is 7.59. The molecule has 0 spiro atoms. The van der Waals surface area contributed by atoms with E-state index in [9.17, 15) is 18.0 Å². The van der Waals surface area contributed by atoms with Crippen molar-refractivity contribution in [2.45, 2.75) is 50.2 Å². The van der Waals surface area contributed by atoms with E-state index in [0.29, 0.717) is 24.1 Å². The van der Waals surface area contributed by atoms with Crippen LogP contribution in [0.25, 0.3) is 11.4 Å². The van der Waals surface area contributed by atoms with Crippen LogP contribution >= 0.6 is 23.1 Å². The maximum Gasteiger partial charge on any atom is 0.418 e. The van der Waals surface area contributed by atoms with Crippen molar-refractivity contribution in [3.05, 3.63) is 46.2 Å². The predicted octanol–water partition coefficient (Wildman–Crippen LogP) is 5.50. The zero-order valence-electron chi connectivity index (χ0n) is 17.9. The highest BCUT2D eigenvalue weighted by atomic mass is 32.2. The molecule has 0 bridgehead atoms. The van der Waals surface area contributed by atoms with Crippen molar-refractivity contribution >= 4 is 34.7 Å². The van der Waals surface area contributed by atoms with Gasteiger partial charge in [0.05, 0.1) is 29.7 Å². The second kappa shape index (κ2) is 10.3. The number of aromatic nitrogens is 3. The summed E-state index contributed by atoms with van der Waals surface area (Å²) in [6, 6.07) is 7.00. The number of carbonyl (C=O) groups excluding carboxylic acids is 1. The average Bonchev–Trinajstić information content (AvgIpc) is 3.53. The summed E-state index contributed by atoms with van der Waals surface area (Å²) < 4.78 is 47.3. The Morgan fingerprint density at radius 2 is 2.15 bits per heavy atom. The number of alkyl halides is 3. The van der Waals surface area contributed by atoms with Crippen LogP contribution in [0.2, 0.25) is 0 Å². The zero-order valence-corrected chi connectivity index (χ0v) is 19.5. The van der Waals surface area contributed by atoms with E-state index in [1.54, 1.807) is 11.3 Å². The minimum absolute atomic E-state index is 0.0378. The van der Waals surface area contributed by atoms with E-state index in [4.69, 9.17) is 4.74 Å². The number of amides is 1. The summed E-state index contributed by atoms with van der Waals surface area (Å²) >= 11 is 2.80. The lowest BCUT2D eigenvalue weighted by molar-refractivity contribution is -0.137. The van der Waals surface area contributed by atoms with Gasteiger partial charge in [-0.25, -0.2) is 0 Å². The molecular formula is C22H23F3N4O2S2. The predicted molar refractivity (Wildman–Crippen MR) is 122 cm³/mol. The Kier molecular flexibility index (Phi) is 7.40. The van der Waals surface area contributed by atoms with Gasteiger partial charge >= 0.3 is 6.18 Å². The highest BCUT2D eigenvalue weighted by molar-refractivity contribution is 7.99. The van der Waals surface area contributed by atoms with Gasteiger partial charge in [-0.3, -0.25) is 9.36 Å². The lowest BCUT2D eigenvalue weighted by Gasteiger charge is -2.15. The first-order chi connectivity index (χ1) is 15.8. The largest absolute Gasteiger partial charge is 0.418 e. The van der Waals surface area contributed by atoms with Gasteiger partial charge < -0.3 is 10.1 Å². The number of anilines is 1. The summed E-state index contributed by atoms with van der Waals surface area (Å²) in [5.74, 6) is 0.0557. The van der Waals surface area contributed by atoms with Crippen LogP contribution in [0, 0.1) is 0 Å². The third kappa shape index (κ3) is 5.77. The molecule has 1 amide bonds. The maximum absolute atomic E-state index is 13.2. The van der Waals surface area contributed by atoms with Crippen molar-refractivity contribution in [1.82, 2.24) is 14.8 Å². The molecule has 0 aliphatic carbocycles. The number of hydrogen-bond acceptors (Lipinski definition) is 6. The number of nitrogens with one attached hydrogen (secondary N) is 1. The van der Waals surface area contributed by atoms with Crippen molar-refractivity contribution in [1.29, 1.82) is 0 Å². The number of thioether (sulfide) groups is 1. The summed E-state index contributed by atoms with van der Waals surface area (Å²) in [5.41, 5.74) is -0.184. The highest BCUT2D eigenvalue weighted by Gasteiger charge is 2.33. The highest BCUT2D eigenvalue weighted by Crippen LogP contribution is 2.35. The first kappa shape index (κ1) is 23.8. The van der Waals surface area contributed by atoms with E-state index in [2.05, 4.69) is 28.5 Å². The minimum Gasteiger partial charge on any atom is -0.376 e. The molecule has 2 aromatic heterocycles. The number of benzene rings is 1. The molecule has 11 heteroatoms. The van der Waals surface area contributed by atoms with Gasteiger partial charge in [0, 0.05) is 22.4 Å². The van der Waals surface area contributed by atoms with Gasteiger partial charge in [0.25, 0.3) is 0 Å². The van der Waals surface area contributed by atoms with Crippen LogP contribution in [-0.2, 0) is 28.7 Å². The van der Waals surface area contributed by atoms with Crippen LogP contribution in [0.4, 0.5) is 18.9 Å². The fraction of sp³-hybridized carbons (Fsp3) is 0.409. The zero-order chi connectivity index (χ0) is 23.4. The van der Waals surface area contributed by atoms with Crippen molar-refractivity contribution in [3.8, 4) is 11.4 Å². The number of rotatable bonds is 8. The Bertz CT molecular complexity index is 1110. The Hall–Kier alpha value is -2.37. The van der Waals surface area contributed by atoms with Crippen LogP contribution < -0.4 is 5.32 Å². The van der Waals surface area contributed by atoms with Crippen molar-refractivity contribution < 1.29 is 22.7 Å². The normalized spacial score (nSPS) is 16.3. The molecule has 1 atom stereocenters. The molecule has 3 heterocycles. The van der Waals surface area contributed by atoms with Crippen LogP contribution in [-0.4, -0.2) is 39.1 Å². The Balaban J connectivity index is 1.50. The number of hydrogen-bond donors (Lipinski definition) is 1. The molecule has 1 aliphatic heterocycles. The smallest absolute Gasteiger partial charge is 0.376 e. The number of aryl methyl sites for hydroxylation is 1. The SMILES string of the molecule is CCc1cc(-c2nnc(SCC(=O)Nc3ccccc3C(F)(F)F)n2CC2CCCO2)cs1. The molecule has 1 unspecified atom stereocenters. The van der Waals surface area contributed by atoms with E-state index in [1.807, 2.05) is 9.95 Å². The van der Waals surface area contributed by atoms with Gasteiger partial charge in [0.2, 0.25) is 5.91 Å². The Morgan fingerprint density at radius 1 is 1.33 bits per heavy atom. The van der Waals surface area contributed by atoms with Gasteiger partial charge in [0.1, 0.15) is 0 Å². The van der Waals surface area contributed by atoms with E-state index in [1.165, 1.54) is 23.1 Å². The van der Waals surface area contributed by atoms with Gasteiger partial charge in [-0.1, -0.05) is 30.8 Å². The summed E-state index contributed by atoms with van der Waals surface area (Å²) in [7, 11) is 0. The summed E-state index contributed by atoms with van der Waals surface area (Å²) in [6.07, 6.45) is -1.67. The molecule has 6 nitrogen and oxygen atoms in total. The number of halogens is 3. The lowest BCUT2D eigenvalue weighted by atomic mass is 10.1. The van der Waals surface area contributed by atoms with Gasteiger partial charge in [-0.15, -0.1) is 21.5 Å². The molecule has 176 valence electrons. The van der Waals surface area contributed by atoms with Gasteiger partial charge in [-0.05, 0) is 37.5 Å². The minimum atomic E-state index is -4.55. The molecule has 4 rings (SSSR count). The summed E-state index contributed by atoms with van der Waals surface area (Å²) in [4.78, 5) is 13.7.